The van der Waals surface area contributed by atoms with Crippen molar-refractivity contribution in [2.24, 2.45) is 0 Å². The summed E-state index contributed by atoms with van der Waals surface area (Å²) < 4.78 is 70.3. The number of rotatable bonds is 5. The van der Waals surface area contributed by atoms with Gasteiger partial charge in [-0.1, -0.05) is 0 Å². The predicted molar refractivity (Wildman–Crippen MR) is 64.9 cm³/mol. The second-order valence-electron chi connectivity index (χ2n) is 4.43. The van der Waals surface area contributed by atoms with E-state index in [1.807, 2.05) is 0 Å². The van der Waals surface area contributed by atoms with E-state index in [2.05, 4.69) is 0 Å². The largest absolute Gasteiger partial charge is 0.501 e. The van der Waals surface area contributed by atoms with Crippen LogP contribution in [-0.4, -0.2) is 39.0 Å². The summed E-state index contributed by atoms with van der Waals surface area (Å²) in [6.07, 6.45) is -0.108. The van der Waals surface area contributed by atoms with Crippen LogP contribution in [0.3, 0.4) is 0 Å². The normalized spacial score (nSPS) is 18.4. The van der Waals surface area contributed by atoms with Crippen molar-refractivity contribution >= 4 is 15.6 Å². The number of halogens is 3. The number of hydrogen-bond acceptors (Lipinski definition) is 5. The zero-order valence-electron chi connectivity index (χ0n) is 10.8. The van der Waals surface area contributed by atoms with E-state index < -0.39 is 26.0 Å². The Labute approximate surface area is 118 Å². The molecular weight excluding hydrogens is 313 g/mol. The van der Waals surface area contributed by atoms with Crippen LogP contribution in [0, 0.1) is 0 Å². The van der Waals surface area contributed by atoms with Gasteiger partial charge in [0.1, 0.15) is 18.5 Å². The minimum Gasteiger partial charge on any atom is -0.490 e. The first-order chi connectivity index (χ1) is 9.63. The highest BCUT2D eigenvalue weighted by molar-refractivity contribution is 7.92. The highest BCUT2D eigenvalue weighted by atomic mass is 32.2. The zero-order valence-corrected chi connectivity index (χ0v) is 11.6. The van der Waals surface area contributed by atoms with Crippen molar-refractivity contribution in [2.45, 2.75) is 23.4 Å². The SMILES string of the molecule is CC(=O)c1cc(S(=O)(=O)C(F)(F)F)ccc1OCC1CO1. The fraction of sp³-hybridized carbons (Fsp3) is 0.417. The summed E-state index contributed by atoms with van der Waals surface area (Å²) in [5.74, 6) is -0.569. The molecule has 0 radical (unpaired) electrons. The smallest absolute Gasteiger partial charge is 0.490 e. The molecule has 1 heterocycles. The predicted octanol–water partition coefficient (Wildman–Crippen LogP) is 1.96. The lowest BCUT2D eigenvalue weighted by Gasteiger charge is -2.12. The van der Waals surface area contributed by atoms with Crippen LogP contribution in [0.2, 0.25) is 0 Å². The topological polar surface area (TPSA) is 73.0 Å². The van der Waals surface area contributed by atoms with Crippen molar-refractivity contribution in [3.05, 3.63) is 23.8 Å². The molecule has 21 heavy (non-hydrogen) atoms. The Kier molecular flexibility index (Phi) is 3.98. The van der Waals surface area contributed by atoms with Crippen LogP contribution in [-0.2, 0) is 14.6 Å². The van der Waals surface area contributed by atoms with Gasteiger partial charge in [0, 0.05) is 0 Å². The number of carbonyl (C=O) groups is 1. The number of benzene rings is 1. The lowest BCUT2D eigenvalue weighted by atomic mass is 10.1. The van der Waals surface area contributed by atoms with Gasteiger partial charge in [0.2, 0.25) is 0 Å². The molecule has 1 fully saturated rings. The molecule has 1 aromatic rings. The van der Waals surface area contributed by atoms with Gasteiger partial charge in [0.15, 0.2) is 5.78 Å². The van der Waals surface area contributed by atoms with E-state index in [0.29, 0.717) is 12.7 Å². The number of sulfone groups is 1. The molecule has 0 amide bonds. The molecule has 9 heteroatoms. The van der Waals surface area contributed by atoms with Crippen LogP contribution in [0.5, 0.6) is 5.75 Å². The van der Waals surface area contributed by atoms with E-state index in [0.717, 1.165) is 19.1 Å². The molecule has 2 rings (SSSR count). The molecule has 1 aromatic carbocycles. The Morgan fingerprint density at radius 3 is 2.52 bits per heavy atom. The summed E-state index contributed by atoms with van der Waals surface area (Å²) in [6, 6.07) is 2.48. The molecule has 1 atom stereocenters. The Morgan fingerprint density at radius 1 is 1.43 bits per heavy atom. The average Bonchev–Trinajstić information content (AvgIpc) is 3.18. The fourth-order valence-electron chi connectivity index (χ4n) is 1.56. The third-order valence-electron chi connectivity index (χ3n) is 2.77. The summed E-state index contributed by atoms with van der Waals surface area (Å²) in [6.45, 7) is 1.77. The molecule has 116 valence electrons. The van der Waals surface area contributed by atoms with E-state index in [9.17, 15) is 26.4 Å². The van der Waals surface area contributed by atoms with Crippen molar-refractivity contribution in [3.63, 3.8) is 0 Å². The molecule has 1 aliphatic heterocycles. The number of ether oxygens (including phenoxy) is 2. The molecule has 0 saturated carbocycles. The summed E-state index contributed by atoms with van der Waals surface area (Å²) in [4.78, 5) is 10.5. The number of ketones is 1. The first-order valence-electron chi connectivity index (χ1n) is 5.83. The van der Waals surface area contributed by atoms with Gasteiger partial charge in [-0.3, -0.25) is 4.79 Å². The Bertz CT molecular complexity index is 662. The molecule has 1 aliphatic rings. The van der Waals surface area contributed by atoms with Crippen LogP contribution in [0.4, 0.5) is 13.2 Å². The third kappa shape index (κ3) is 3.35. The van der Waals surface area contributed by atoms with Crippen LogP contribution in [0.15, 0.2) is 23.1 Å². The highest BCUT2D eigenvalue weighted by Gasteiger charge is 2.47. The Hall–Kier alpha value is -1.61. The molecule has 1 saturated heterocycles. The molecule has 0 aliphatic carbocycles. The number of epoxide rings is 1. The molecule has 0 aromatic heterocycles. The molecule has 0 spiro atoms. The second-order valence-corrected chi connectivity index (χ2v) is 6.37. The minimum atomic E-state index is -5.50. The average molecular weight is 324 g/mol. The molecule has 1 unspecified atom stereocenters. The maximum absolute atomic E-state index is 12.5. The quantitative estimate of drug-likeness (QED) is 0.611. The van der Waals surface area contributed by atoms with Gasteiger partial charge in [-0.25, -0.2) is 8.42 Å². The molecule has 5 nitrogen and oxygen atoms in total. The van der Waals surface area contributed by atoms with Crippen molar-refractivity contribution < 1.29 is 35.9 Å². The Morgan fingerprint density at radius 2 is 2.05 bits per heavy atom. The van der Waals surface area contributed by atoms with Crippen molar-refractivity contribution in [1.29, 1.82) is 0 Å². The standard InChI is InChI=1S/C12H11F3O5S/c1-7(16)10-4-9(21(17,18)12(13,14)15)2-3-11(10)20-6-8-5-19-8/h2-4,8H,5-6H2,1H3. The minimum absolute atomic E-state index is 0.0270. The van der Waals surface area contributed by atoms with Crippen LogP contribution in [0.25, 0.3) is 0 Å². The van der Waals surface area contributed by atoms with E-state index in [1.165, 1.54) is 0 Å². The van der Waals surface area contributed by atoms with Crippen LogP contribution >= 0.6 is 0 Å². The van der Waals surface area contributed by atoms with Gasteiger partial charge in [0.25, 0.3) is 9.84 Å². The number of Topliss-reactive ketones (excluding diaryl/α,β-unsaturated/α-hetero) is 1. The zero-order chi connectivity index (χ0) is 15.8. The maximum atomic E-state index is 12.5. The number of hydrogen-bond donors (Lipinski definition) is 0. The lowest BCUT2D eigenvalue weighted by Crippen LogP contribution is -2.23. The third-order valence-corrected chi connectivity index (χ3v) is 4.26. The van der Waals surface area contributed by atoms with Crippen molar-refractivity contribution in [3.8, 4) is 5.75 Å². The summed E-state index contributed by atoms with van der Waals surface area (Å²) >= 11 is 0. The first-order valence-corrected chi connectivity index (χ1v) is 7.32. The van der Waals surface area contributed by atoms with Crippen molar-refractivity contribution in [1.82, 2.24) is 0 Å². The van der Waals surface area contributed by atoms with Gasteiger partial charge >= 0.3 is 5.51 Å². The summed E-state index contributed by atoms with van der Waals surface area (Å²) in [5.41, 5.74) is -5.65. The van der Waals surface area contributed by atoms with E-state index in [1.54, 1.807) is 0 Å². The molecular formula is C12H11F3O5S. The monoisotopic (exact) mass is 324 g/mol. The van der Waals surface area contributed by atoms with Gasteiger partial charge < -0.3 is 9.47 Å². The van der Waals surface area contributed by atoms with Gasteiger partial charge in [-0.2, -0.15) is 13.2 Å². The molecule has 0 N–H and O–H groups in total. The van der Waals surface area contributed by atoms with E-state index >= 15 is 0 Å². The van der Waals surface area contributed by atoms with Gasteiger partial charge in [-0.15, -0.1) is 0 Å². The van der Waals surface area contributed by atoms with Gasteiger partial charge in [0.05, 0.1) is 17.1 Å². The van der Waals surface area contributed by atoms with E-state index in [4.69, 9.17) is 9.47 Å². The van der Waals surface area contributed by atoms with Gasteiger partial charge in [-0.05, 0) is 25.1 Å². The maximum Gasteiger partial charge on any atom is 0.501 e. The summed E-state index contributed by atoms with van der Waals surface area (Å²) in [7, 11) is -5.50. The first kappa shape index (κ1) is 15.8. The number of alkyl halides is 3. The lowest BCUT2D eigenvalue weighted by molar-refractivity contribution is -0.0436. The Balaban J connectivity index is 2.38. The van der Waals surface area contributed by atoms with Crippen molar-refractivity contribution in [2.75, 3.05) is 13.2 Å². The second kappa shape index (κ2) is 5.30. The van der Waals surface area contributed by atoms with Crippen LogP contribution < -0.4 is 4.74 Å². The van der Waals surface area contributed by atoms with Crippen LogP contribution in [0.1, 0.15) is 17.3 Å². The fourth-order valence-corrected chi connectivity index (χ4v) is 2.35. The molecule has 0 bridgehead atoms. The van der Waals surface area contributed by atoms with E-state index in [-0.39, 0.29) is 24.0 Å². The summed E-state index contributed by atoms with van der Waals surface area (Å²) in [5, 5.41) is 0. The highest BCUT2D eigenvalue weighted by Crippen LogP contribution is 2.33. The number of carbonyl (C=O) groups excluding carboxylic acids is 1.